The summed E-state index contributed by atoms with van der Waals surface area (Å²) in [5.74, 6) is -2.42. The molecule has 0 aromatic rings. The molecule has 0 aliphatic heterocycles. The van der Waals surface area contributed by atoms with Gasteiger partial charge in [0, 0.05) is 0 Å². The highest BCUT2D eigenvalue weighted by Crippen LogP contribution is 2.09. The maximum atomic E-state index is 12.9. The molecule has 11 heteroatoms. The number of hydrogen-bond acceptors (Lipinski definition) is 7. The van der Waals surface area contributed by atoms with Crippen LogP contribution < -0.4 is 27.4 Å². The lowest BCUT2D eigenvalue weighted by Crippen LogP contribution is -2.59. The molecule has 0 saturated carbocycles. The fourth-order valence-electron chi connectivity index (χ4n) is 2.88. The lowest BCUT2D eigenvalue weighted by Gasteiger charge is -2.27. The molecule has 4 unspecified atom stereocenters. The number of carbonyl (C=O) groups is 4. The largest absolute Gasteiger partial charge is 0.480 e. The molecule has 3 amide bonds. The second kappa shape index (κ2) is 15.9. The Morgan fingerprint density at radius 1 is 0.844 bits per heavy atom. The van der Waals surface area contributed by atoms with E-state index < -0.39 is 47.9 Å². The summed E-state index contributed by atoms with van der Waals surface area (Å²) >= 11 is 1.50. The van der Waals surface area contributed by atoms with Gasteiger partial charge in [-0.3, -0.25) is 14.4 Å². The summed E-state index contributed by atoms with van der Waals surface area (Å²) in [6.07, 6.45) is 3.65. The minimum absolute atomic E-state index is 0.0989. The fourth-order valence-corrected chi connectivity index (χ4v) is 3.35. The Kier molecular flexibility index (Phi) is 15.0. The van der Waals surface area contributed by atoms with E-state index in [0.717, 1.165) is 0 Å². The molecular formula is C21H41N5O5S. The Labute approximate surface area is 195 Å². The summed E-state index contributed by atoms with van der Waals surface area (Å²) in [6, 6.07) is -3.63. The van der Waals surface area contributed by atoms with Crippen LogP contribution in [-0.4, -0.2) is 71.5 Å². The summed E-state index contributed by atoms with van der Waals surface area (Å²) in [4.78, 5) is 49.6. The van der Waals surface area contributed by atoms with Gasteiger partial charge in [-0.25, -0.2) is 4.79 Å². The molecule has 0 radical (unpaired) electrons. The lowest BCUT2D eigenvalue weighted by molar-refractivity contribution is -0.142. The van der Waals surface area contributed by atoms with Gasteiger partial charge in [0.15, 0.2) is 0 Å². The van der Waals surface area contributed by atoms with Gasteiger partial charge >= 0.3 is 5.97 Å². The van der Waals surface area contributed by atoms with E-state index in [4.69, 9.17) is 11.5 Å². The summed E-state index contributed by atoms with van der Waals surface area (Å²) in [7, 11) is 0. The molecule has 0 aliphatic carbocycles. The average molecular weight is 476 g/mol. The molecule has 0 spiro atoms. The number of rotatable bonds is 16. The molecule has 8 N–H and O–H groups in total. The molecule has 32 heavy (non-hydrogen) atoms. The third kappa shape index (κ3) is 11.1. The van der Waals surface area contributed by atoms with E-state index in [0.29, 0.717) is 31.6 Å². The average Bonchev–Trinajstić information content (AvgIpc) is 2.72. The van der Waals surface area contributed by atoms with Crippen molar-refractivity contribution in [3.8, 4) is 0 Å². The van der Waals surface area contributed by atoms with Gasteiger partial charge in [0.05, 0.1) is 6.04 Å². The molecule has 0 heterocycles. The predicted octanol–water partition coefficient (Wildman–Crippen LogP) is 0.0468. The van der Waals surface area contributed by atoms with Gasteiger partial charge in [0.1, 0.15) is 18.1 Å². The first-order valence-electron chi connectivity index (χ1n) is 11.0. The number of hydrogen-bond donors (Lipinski definition) is 6. The van der Waals surface area contributed by atoms with Crippen molar-refractivity contribution in [1.82, 2.24) is 16.0 Å². The Morgan fingerprint density at radius 3 is 1.91 bits per heavy atom. The van der Waals surface area contributed by atoms with E-state index in [9.17, 15) is 24.3 Å². The maximum Gasteiger partial charge on any atom is 0.326 e. The van der Waals surface area contributed by atoms with Crippen LogP contribution in [0.3, 0.4) is 0 Å². The topological polar surface area (TPSA) is 177 Å². The monoisotopic (exact) mass is 475 g/mol. The Hall–Kier alpha value is -1.85. The van der Waals surface area contributed by atoms with E-state index in [2.05, 4.69) is 16.0 Å². The lowest BCUT2D eigenvalue weighted by atomic mass is 10.00. The molecule has 10 nitrogen and oxygen atoms in total. The first-order chi connectivity index (χ1) is 15.0. The quantitative estimate of drug-likeness (QED) is 0.170. The number of nitrogens with one attached hydrogen (secondary N) is 3. The second-order valence-electron chi connectivity index (χ2n) is 8.53. The van der Waals surface area contributed by atoms with Crippen molar-refractivity contribution in [2.45, 2.75) is 77.5 Å². The fraction of sp³-hybridized carbons (Fsp3) is 0.810. The van der Waals surface area contributed by atoms with E-state index in [-0.39, 0.29) is 18.3 Å². The molecule has 0 aromatic heterocycles. The van der Waals surface area contributed by atoms with E-state index in [1.807, 2.05) is 20.1 Å². The van der Waals surface area contributed by atoms with Crippen LogP contribution >= 0.6 is 11.8 Å². The minimum Gasteiger partial charge on any atom is -0.480 e. The van der Waals surface area contributed by atoms with Crippen LogP contribution in [0.5, 0.6) is 0 Å². The third-order valence-electron chi connectivity index (χ3n) is 5.07. The Morgan fingerprint density at radius 2 is 1.44 bits per heavy atom. The summed E-state index contributed by atoms with van der Waals surface area (Å²) < 4.78 is 0. The van der Waals surface area contributed by atoms with Crippen LogP contribution in [-0.2, 0) is 19.2 Å². The van der Waals surface area contributed by atoms with Crippen LogP contribution in [0.4, 0.5) is 0 Å². The highest BCUT2D eigenvalue weighted by Gasteiger charge is 2.31. The van der Waals surface area contributed by atoms with Crippen molar-refractivity contribution >= 4 is 35.5 Å². The van der Waals surface area contributed by atoms with Gasteiger partial charge in [-0.15, -0.1) is 0 Å². The second-order valence-corrected chi connectivity index (χ2v) is 9.51. The number of nitrogens with two attached hydrogens (primary N) is 2. The van der Waals surface area contributed by atoms with E-state index in [1.165, 1.54) is 11.8 Å². The van der Waals surface area contributed by atoms with Gasteiger partial charge in [0.2, 0.25) is 17.7 Å². The van der Waals surface area contributed by atoms with Gasteiger partial charge in [0.25, 0.3) is 0 Å². The van der Waals surface area contributed by atoms with Crippen LogP contribution in [0, 0.1) is 11.8 Å². The Balaban J connectivity index is 5.34. The molecule has 0 saturated heterocycles. The van der Waals surface area contributed by atoms with E-state index in [1.54, 1.807) is 13.8 Å². The van der Waals surface area contributed by atoms with Gasteiger partial charge in [-0.05, 0) is 56.1 Å². The number of carboxylic acids is 1. The molecule has 4 atom stereocenters. The molecular weight excluding hydrogens is 434 g/mol. The summed E-state index contributed by atoms with van der Waals surface area (Å²) in [5.41, 5.74) is 11.3. The molecule has 186 valence electrons. The first kappa shape index (κ1) is 30.1. The SMILES string of the molecule is CSCCC(NC(=O)C(NC(=O)C(N)C(C)C)C(C)C)C(=O)NC(CCCCN)C(=O)O. The van der Waals surface area contributed by atoms with Crippen molar-refractivity contribution in [2.75, 3.05) is 18.6 Å². The number of carbonyl (C=O) groups excluding carboxylic acids is 3. The zero-order valence-electron chi connectivity index (χ0n) is 19.8. The van der Waals surface area contributed by atoms with Gasteiger partial charge < -0.3 is 32.5 Å². The number of aliphatic carboxylic acids is 1. The van der Waals surface area contributed by atoms with Crippen LogP contribution in [0.25, 0.3) is 0 Å². The number of carboxylic acid groups (broad SMARTS) is 1. The van der Waals surface area contributed by atoms with Crippen molar-refractivity contribution in [3.05, 3.63) is 0 Å². The molecule has 0 bridgehead atoms. The normalized spacial score (nSPS) is 15.0. The minimum atomic E-state index is -1.14. The van der Waals surface area contributed by atoms with Gasteiger partial charge in [-0.1, -0.05) is 27.7 Å². The third-order valence-corrected chi connectivity index (χ3v) is 5.72. The Bertz CT molecular complexity index is 617. The zero-order valence-corrected chi connectivity index (χ0v) is 20.7. The molecule has 0 rings (SSSR count). The summed E-state index contributed by atoms with van der Waals surface area (Å²) in [5, 5.41) is 17.3. The first-order valence-corrected chi connectivity index (χ1v) is 12.4. The predicted molar refractivity (Wildman–Crippen MR) is 127 cm³/mol. The number of unbranched alkanes of at least 4 members (excludes halogenated alkanes) is 1. The molecule has 0 aromatic carbocycles. The smallest absolute Gasteiger partial charge is 0.326 e. The number of amides is 3. The van der Waals surface area contributed by atoms with Crippen LogP contribution in [0.1, 0.15) is 53.4 Å². The highest BCUT2D eigenvalue weighted by molar-refractivity contribution is 7.98. The maximum absolute atomic E-state index is 12.9. The summed E-state index contributed by atoms with van der Waals surface area (Å²) in [6.45, 7) is 7.61. The van der Waals surface area contributed by atoms with Crippen LogP contribution in [0.15, 0.2) is 0 Å². The molecule has 0 aliphatic rings. The van der Waals surface area contributed by atoms with E-state index >= 15 is 0 Å². The van der Waals surface area contributed by atoms with Crippen molar-refractivity contribution in [2.24, 2.45) is 23.3 Å². The van der Waals surface area contributed by atoms with Gasteiger partial charge in [-0.2, -0.15) is 11.8 Å². The zero-order chi connectivity index (χ0) is 24.8. The van der Waals surface area contributed by atoms with Crippen molar-refractivity contribution < 1.29 is 24.3 Å². The van der Waals surface area contributed by atoms with Crippen molar-refractivity contribution in [3.63, 3.8) is 0 Å². The molecule has 0 fully saturated rings. The standard InChI is InChI=1S/C21H41N5O5S/c1-12(2)16(23)19(28)26-17(13(3)4)20(29)24-14(9-11-32-5)18(27)25-15(21(30)31)8-6-7-10-22/h12-17H,6-11,22-23H2,1-5H3,(H,24,29)(H,25,27)(H,26,28)(H,30,31). The van der Waals surface area contributed by atoms with Crippen LogP contribution in [0.2, 0.25) is 0 Å². The van der Waals surface area contributed by atoms with Crippen molar-refractivity contribution in [1.29, 1.82) is 0 Å². The number of thioether (sulfide) groups is 1. The highest BCUT2D eigenvalue weighted by atomic mass is 32.2.